The highest BCUT2D eigenvalue weighted by Gasteiger charge is 2.15. The average Bonchev–Trinajstić information content (AvgIpc) is 2.26. The largest absolute Gasteiger partial charge is 0.313 e. The van der Waals surface area contributed by atoms with Crippen molar-refractivity contribution in [1.82, 2.24) is 5.32 Å². The molecule has 94 valence electrons. The maximum absolute atomic E-state index is 11.3. The van der Waals surface area contributed by atoms with Crippen molar-refractivity contribution in [2.45, 2.75) is 46.1 Å². The first-order chi connectivity index (χ1) is 7.95. The van der Waals surface area contributed by atoms with Crippen molar-refractivity contribution < 1.29 is 4.79 Å². The zero-order valence-electron chi connectivity index (χ0n) is 11.5. The topological polar surface area (TPSA) is 29.1 Å². The number of nitrogens with one attached hydrogen (secondary N) is 1. The summed E-state index contributed by atoms with van der Waals surface area (Å²) in [6, 6.07) is 6.68. The molecule has 2 nitrogen and oxygen atoms in total. The second kappa shape index (κ2) is 5.97. The molecule has 1 N–H and O–H groups in total. The molecule has 0 spiro atoms. The molecule has 0 saturated heterocycles. The number of benzene rings is 1. The van der Waals surface area contributed by atoms with Gasteiger partial charge in [0.2, 0.25) is 0 Å². The van der Waals surface area contributed by atoms with Crippen molar-refractivity contribution >= 4 is 5.78 Å². The quantitative estimate of drug-likeness (QED) is 0.845. The molecule has 0 radical (unpaired) electrons. The lowest BCUT2D eigenvalue weighted by Crippen LogP contribution is -2.20. The van der Waals surface area contributed by atoms with Gasteiger partial charge in [0, 0.05) is 12.5 Å². The molecule has 1 rings (SSSR count). The van der Waals surface area contributed by atoms with Gasteiger partial charge < -0.3 is 5.32 Å². The number of carbonyl (C=O) groups is 1. The molecule has 2 heteroatoms. The van der Waals surface area contributed by atoms with Crippen molar-refractivity contribution in [2.24, 2.45) is 0 Å². The molecule has 17 heavy (non-hydrogen) atoms. The van der Waals surface area contributed by atoms with Gasteiger partial charge >= 0.3 is 0 Å². The lowest BCUT2D eigenvalue weighted by molar-refractivity contribution is -0.117. The molecule has 0 fully saturated rings. The summed E-state index contributed by atoms with van der Waals surface area (Å²) in [5, 5.41) is 3.24. The van der Waals surface area contributed by atoms with Crippen LogP contribution >= 0.6 is 0 Å². The highest BCUT2D eigenvalue weighted by Crippen LogP contribution is 2.25. The second-order valence-corrected chi connectivity index (χ2v) is 5.02. The van der Waals surface area contributed by atoms with Gasteiger partial charge in [0.15, 0.2) is 0 Å². The molecule has 1 unspecified atom stereocenters. The van der Waals surface area contributed by atoms with E-state index in [0.29, 0.717) is 12.3 Å². The van der Waals surface area contributed by atoms with E-state index in [1.807, 2.05) is 7.05 Å². The van der Waals surface area contributed by atoms with E-state index in [4.69, 9.17) is 0 Å². The van der Waals surface area contributed by atoms with Gasteiger partial charge in [-0.05, 0) is 43.5 Å². The van der Waals surface area contributed by atoms with Crippen molar-refractivity contribution in [2.75, 3.05) is 7.05 Å². The molecule has 1 aromatic carbocycles. The Morgan fingerprint density at radius 1 is 1.35 bits per heavy atom. The van der Waals surface area contributed by atoms with Crippen LogP contribution in [0.2, 0.25) is 0 Å². The first-order valence-electron chi connectivity index (χ1n) is 6.22. The highest BCUT2D eigenvalue weighted by molar-refractivity contribution is 5.76. The van der Waals surface area contributed by atoms with Crippen LogP contribution in [-0.4, -0.2) is 12.8 Å². The van der Waals surface area contributed by atoms with Gasteiger partial charge in [-0.15, -0.1) is 0 Å². The van der Waals surface area contributed by atoms with Crippen LogP contribution in [0.15, 0.2) is 18.2 Å². The van der Waals surface area contributed by atoms with Gasteiger partial charge in [0.1, 0.15) is 5.78 Å². The first-order valence-corrected chi connectivity index (χ1v) is 6.22. The molecule has 1 atom stereocenters. The zero-order chi connectivity index (χ0) is 13.0. The minimum absolute atomic E-state index is 0.131. The minimum atomic E-state index is 0.131. The highest BCUT2D eigenvalue weighted by atomic mass is 16.1. The van der Waals surface area contributed by atoms with E-state index in [9.17, 15) is 4.79 Å². The van der Waals surface area contributed by atoms with Gasteiger partial charge in [0.05, 0.1) is 0 Å². The summed E-state index contributed by atoms with van der Waals surface area (Å²) in [4.78, 5) is 11.3. The van der Waals surface area contributed by atoms with Crippen LogP contribution in [0.1, 0.15) is 55.8 Å². The molecule has 0 saturated carbocycles. The van der Waals surface area contributed by atoms with Crippen LogP contribution in [-0.2, 0) is 4.79 Å². The maximum Gasteiger partial charge on any atom is 0.131 e. The third-order valence-corrected chi connectivity index (χ3v) is 3.19. The fourth-order valence-electron chi connectivity index (χ4n) is 2.05. The summed E-state index contributed by atoms with van der Waals surface area (Å²) >= 11 is 0. The van der Waals surface area contributed by atoms with Crippen LogP contribution in [0.5, 0.6) is 0 Å². The zero-order valence-corrected chi connectivity index (χ0v) is 11.5. The molecule has 1 aromatic rings. The van der Waals surface area contributed by atoms with E-state index in [1.54, 1.807) is 6.92 Å². The number of rotatable bonds is 5. The number of aryl methyl sites for hydroxylation is 1. The van der Waals surface area contributed by atoms with E-state index < -0.39 is 0 Å². The Labute approximate surface area is 104 Å². The van der Waals surface area contributed by atoms with Crippen LogP contribution in [0.3, 0.4) is 0 Å². The van der Waals surface area contributed by atoms with Crippen LogP contribution < -0.4 is 5.32 Å². The van der Waals surface area contributed by atoms with Gasteiger partial charge in [-0.2, -0.15) is 0 Å². The summed E-state index contributed by atoms with van der Waals surface area (Å²) in [7, 11) is 1.91. The molecular weight excluding hydrogens is 210 g/mol. The normalized spacial score (nSPS) is 12.8. The first kappa shape index (κ1) is 13.9. The Balaban J connectivity index is 3.08. The smallest absolute Gasteiger partial charge is 0.131 e. The van der Waals surface area contributed by atoms with E-state index in [1.165, 1.54) is 16.7 Å². The fraction of sp³-hybridized carbons (Fsp3) is 0.533. The Morgan fingerprint density at radius 2 is 2.00 bits per heavy atom. The van der Waals surface area contributed by atoms with Gasteiger partial charge in [-0.25, -0.2) is 0 Å². The van der Waals surface area contributed by atoms with Crippen LogP contribution in [0, 0.1) is 6.92 Å². The number of hydrogen-bond acceptors (Lipinski definition) is 2. The Hall–Kier alpha value is -1.15. The molecule has 0 heterocycles. The summed E-state index contributed by atoms with van der Waals surface area (Å²) in [5.41, 5.74) is 3.82. The summed E-state index contributed by atoms with van der Waals surface area (Å²) < 4.78 is 0. The molecule has 0 bridgehead atoms. The average molecular weight is 233 g/mol. The molecule has 0 aliphatic heterocycles. The molecule has 0 amide bonds. The third-order valence-electron chi connectivity index (χ3n) is 3.19. The third kappa shape index (κ3) is 3.67. The van der Waals surface area contributed by atoms with Gasteiger partial charge in [-0.3, -0.25) is 4.79 Å². The van der Waals surface area contributed by atoms with Crippen molar-refractivity contribution in [3.8, 4) is 0 Å². The Bertz CT molecular complexity index is 396. The van der Waals surface area contributed by atoms with E-state index in [-0.39, 0.29) is 11.8 Å². The van der Waals surface area contributed by atoms with E-state index >= 15 is 0 Å². The summed E-state index contributed by atoms with van der Waals surface area (Å²) in [6.07, 6.45) is 0.554. The van der Waals surface area contributed by atoms with Crippen LogP contribution in [0.25, 0.3) is 0 Å². The molecule has 0 aliphatic rings. The van der Waals surface area contributed by atoms with Crippen molar-refractivity contribution in [3.05, 3.63) is 34.9 Å². The molecule has 0 aromatic heterocycles. The monoisotopic (exact) mass is 233 g/mol. The summed E-state index contributed by atoms with van der Waals surface area (Å²) in [6.45, 7) is 8.12. The maximum atomic E-state index is 11.3. The number of hydrogen-bond donors (Lipinski definition) is 1. The van der Waals surface area contributed by atoms with E-state index in [2.05, 4.69) is 44.3 Å². The van der Waals surface area contributed by atoms with Crippen molar-refractivity contribution in [1.29, 1.82) is 0 Å². The standard InChI is InChI=1S/C15H23NO/c1-10(2)13-7-6-11(3)14(9-13)15(16-5)8-12(4)17/h6-7,9-10,15-16H,8H2,1-5H3. The predicted octanol–water partition coefficient (Wildman–Crippen LogP) is 3.36. The minimum Gasteiger partial charge on any atom is -0.313 e. The lowest BCUT2D eigenvalue weighted by Gasteiger charge is -2.19. The SMILES string of the molecule is CNC(CC(C)=O)c1cc(C(C)C)ccc1C. The van der Waals surface area contributed by atoms with E-state index in [0.717, 1.165) is 0 Å². The van der Waals surface area contributed by atoms with Gasteiger partial charge in [0.25, 0.3) is 0 Å². The van der Waals surface area contributed by atoms with Crippen LogP contribution in [0.4, 0.5) is 0 Å². The molecular formula is C15H23NO. The lowest BCUT2D eigenvalue weighted by atomic mass is 9.92. The predicted molar refractivity (Wildman–Crippen MR) is 72.4 cm³/mol. The number of carbonyl (C=O) groups excluding carboxylic acids is 1. The Morgan fingerprint density at radius 3 is 2.47 bits per heavy atom. The Kier molecular flexibility index (Phi) is 4.88. The number of Topliss-reactive ketones (excluding diaryl/α,β-unsaturated/α-hetero) is 1. The van der Waals surface area contributed by atoms with Crippen molar-refractivity contribution in [3.63, 3.8) is 0 Å². The van der Waals surface area contributed by atoms with Gasteiger partial charge in [-0.1, -0.05) is 32.0 Å². The molecule has 0 aliphatic carbocycles. The second-order valence-electron chi connectivity index (χ2n) is 5.02. The fourth-order valence-corrected chi connectivity index (χ4v) is 2.05. The number of ketones is 1. The summed E-state index contributed by atoms with van der Waals surface area (Å²) in [5.74, 6) is 0.739.